The smallest absolute Gasteiger partial charge is 0.214 e. The number of ketones is 1. The van der Waals surface area contributed by atoms with Crippen molar-refractivity contribution in [1.29, 1.82) is 0 Å². The molecule has 5 aromatic rings. The minimum Gasteiger partial charge on any atom is -0.383 e. The Bertz CT molecular complexity index is 1570. The second-order valence-corrected chi connectivity index (χ2v) is 10.1. The number of carbonyl (C=O) groups excluding carboxylic acids is 1. The number of nitrogen functional groups attached to an aromatic ring is 1. The number of fused-ring (bicyclic) bond motifs is 2. The Hall–Kier alpha value is -3.60. The number of piperazine rings is 1. The van der Waals surface area contributed by atoms with E-state index < -0.39 is 0 Å². The number of imidazole rings is 1. The number of rotatable bonds is 6. The van der Waals surface area contributed by atoms with Gasteiger partial charge in [-0.3, -0.25) is 9.69 Å². The highest BCUT2D eigenvalue weighted by Crippen LogP contribution is 2.25. The molecule has 3 aromatic heterocycles. The van der Waals surface area contributed by atoms with Gasteiger partial charge in [0, 0.05) is 43.6 Å². The van der Waals surface area contributed by atoms with E-state index in [9.17, 15) is 4.79 Å². The van der Waals surface area contributed by atoms with Crippen molar-refractivity contribution in [2.45, 2.75) is 13.5 Å². The van der Waals surface area contributed by atoms with Gasteiger partial charge in [-0.2, -0.15) is 5.10 Å². The molecule has 36 heavy (non-hydrogen) atoms. The number of aryl methyl sites for hydroxylation is 1. The summed E-state index contributed by atoms with van der Waals surface area (Å²) >= 11 is 1.81. The first kappa shape index (κ1) is 22.8. The summed E-state index contributed by atoms with van der Waals surface area (Å²) in [6.07, 6.45) is 3.66. The molecule has 0 bridgehead atoms. The first-order chi connectivity index (χ1) is 17.5. The van der Waals surface area contributed by atoms with Gasteiger partial charge >= 0.3 is 0 Å². The van der Waals surface area contributed by atoms with Crippen LogP contribution in [-0.2, 0) is 6.54 Å². The van der Waals surface area contributed by atoms with Crippen LogP contribution in [0.2, 0.25) is 0 Å². The number of hydrogen-bond acceptors (Lipinski definition) is 7. The van der Waals surface area contributed by atoms with Crippen LogP contribution in [0, 0.1) is 6.92 Å². The van der Waals surface area contributed by atoms with Crippen molar-refractivity contribution in [1.82, 2.24) is 33.9 Å². The lowest BCUT2D eigenvalue weighted by Gasteiger charge is -2.33. The molecule has 0 aliphatic carbocycles. The summed E-state index contributed by atoms with van der Waals surface area (Å²) in [6, 6.07) is 14.0. The van der Waals surface area contributed by atoms with Crippen molar-refractivity contribution in [3.8, 4) is 5.69 Å². The Morgan fingerprint density at radius 1 is 1.06 bits per heavy atom. The van der Waals surface area contributed by atoms with Gasteiger partial charge in [-0.1, -0.05) is 18.0 Å². The van der Waals surface area contributed by atoms with Crippen LogP contribution in [0.1, 0.15) is 27.4 Å². The summed E-state index contributed by atoms with van der Waals surface area (Å²) in [7, 11) is 0. The van der Waals surface area contributed by atoms with E-state index in [1.165, 1.54) is 11.8 Å². The third kappa shape index (κ3) is 4.17. The standard InChI is InChI=1S/C26H28N8OS/c1-16-29-22-6-4-19(13-23(22)30-16)34-26(27)20(14-28-34)25(35)24-12-18-11-17(3-5-21(18)31-24)15-32-7-9-33(36-2)10-8-32/h3-6,11-14,31H,7-10,15,27H2,1-2H3,(H,29,30). The number of nitrogens with two attached hydrogens (primary N) is 1. The molecule has 1 aliphatic rings. The lowest BCUT2D eigenvalue weighted by Crippen LogP contribution is -2.42. The van der Waals surface area contributed by atoms with Gasteiger partial charge in [-0.05, 0) is 55.1 Å². The topological polar surface area (TPSA) is 112 Å². The molecular formula is C26H28N8OS. The largest absolute Gasteiger partial charge is 0.383 e. The van der Waals surface area contributed by atoms with E-state index in [4.69, 9.17) is 5.73 Å². The van der Waals surface area contributed by atoms with Gasteiger partial charge in [0.25, 0.3) is 0 Å². The number of nitrogens with one attached hydrogen (secondary N) is 2. The van der Waals surface area contributed by atoms with Crippen molar-refractivity contribution in [3.63, 3.8) is 0 Å². The maximum Gasteiger partial charge on any atom is 0.214 e. The van der Waals surface area contributed by atoms with Gasteiger partial charge in [0.05, 0.1) is 34.2 Å². The van der Waals surface area contributed by atoms with Crippen LogP contribution in [0.5, 0.6) is 0 Å². The maximum atomic E-state index is 13.4. The molecule has 1 saturated heterocycles. The fourth-order valence-corrected chi connectivity index (χ4v) is 5.40. The summed E-state index contributed by atoms with van der Waals surface area (Å²) in [5.41, 5.74) is 12.0. The van der Waals surface area contributed by atoms with Crippen molar-refractivity contribution in [2.24, 2.45) is 0 Å². The van der Waals surface area contributed by atoms with Crippen LogP contribution < -0.4 is 5.73 Å². The molecule has 4 heterocycles. The number of aromatic nitrogens is 5. The molecule has 1 fully saturated rings. The van der Waals surface area contributed by atoms with E-state index >= 15 is 0 Å². The van der Waals surface area contributed by atoms with Crippen molar-refractivity contribution < 1.29 is 4.79 Å². The molecule has 0 saturated carbocycles. The van der Waals surface area contributed by atoms with E-state index in [1.54, 1.807) is 4.68 Å². The Morgan fingerprint density at radius 3 is 2.67 bits per heavy atom. The van der Waals surface area contributed by atoms with Crippen molar-refractivity contribution >= 4 is 45.5 Å². The lowest BCUT2D eigenvalue weighted by atomic mass is 10.1. The van der Waals surface area contributed by atoms with Crippen LogP contribution in [-0.4, -0.2) is 72.2 Å². The third-order valence-corrected chi connectivity index (χ3v) is 7.69. The first-order valence-corrected chi connectivity index (χ1v) is 13.1. The average molecular weight is 501 g/mol. The number of anilines is 1. The summed E-state index contributed by atoms with van der Waals surface area (Å²) in [5.74, 6) is 0.961. The number of benzene rings is 2. The molecule has 9 nitrogen and oxygen atoms in total. The average Bonchev–Trinajstić information content (AvgIpc) is 3.58. The van der Waals surface area contributed by atoms with Gasteiger partial charge in [0.2, 0.25) is 5.78 Å². The number of H-pyrrole nitrogens is 2. The molecule has 4 N–H and O–H groups in total. The zero-order chi connectivity index (χ0) is 24.8. The predicted octanol–water partition coefficient (Wildman–Crippen LogP) is 3.75. The fourth-order valence-electron chi connectivity index (χ4n) is 4.87. The van der Waals surface area contributed by atoms with E-state index in [1.807, 2.05) is 49.2 Å². The quantitative estimate of drug-likeness (QED) is 0.240. The normalized spacial score (nSPS) is 15.3. The highest BCUT2D eigenvalue weighted by molar-refractivity contribution is 7.96. The zero-order valence-corrected chi connectivity index (χ0v) is 21.1. The van der Waals surface area contributed by atoms with Crippen LogP contribution in [0.25, 0.3) is 27.6 Å². The van der Waals surface area contributed by atoms with E-state index in [-0.39, 0.29) is 5.78 Å². The monoisotopic (exact) mass is 500 g/mol. The molecular weight excluding hydrogens is 472 g/mol. The molecule has 0 amide bonds. The summed E-state index contributed by atoms with van der Waals surface area (Å²) in [6.45, 7) is 7.10. The highest BCUT2D eigenvalue weighted by Gasteiger charge is 2.21. The second kappa shape index (κ2) is 9.12. The van der Waals surface area contributed by atoms with Gasteiger partial charge in [-0.15, -0.1) is 0 Å². The van der Waals surface area contributed by atoms with Gasteiger partial charge in [-0.25, -0.2) is 14.0 Å². The zero-order valence-electron chi connectivity index (χ0n) is 20.3. The molecule has 0 unspecified atom stereocenters. The highest BCUT2D eigenvalue weighted by atomic mass is 32.2. The molecule has 184 valence electrons. The van der Waals surface area contributed by atoms with Gasteiger partial charge in [0.15, 0.2) is 0 Å². The van der Waals surface area contributed by atoms with Crippen LogP contribution in [0.15, 0.2) is 48.7 Å². The van der Waals surface area contributed by atoms with Crippen molar-refractivity contribution in [3.05, 3.63) is 71.3 Å². The predicted molar refractivity (Wildman–Crippen MR) is 144 cm³/mol. The van der Waals surface area contributed by atoms with Crippen LogP contribution >= 0.6 is 11.9 Å². The Labute approximate surface area is 212 Å². The second-order valence-electron chi connectivity index (χ2n) is 9.20. The molecule has 1 aliphatic heterocycles. The molecule has 2 aromatic carbocycles. The lowest BCUT2D eigenvalue weighted by molar-refractivity contribution is 0.103. The first-order valence-electron chi connectivity index (χ1n) is 12.0. The number of carbonyl (C=O) groups is 1. The Morgan fingerprint density at radius 2 is 1.86 bits per heavy atom. The SMILES string of the molecule is CSN1CCN(Cc2ccc3[nH]c(C(=O)c4cnn(-c5ccc6[nH]c(C)nc6c5)c4N)cc3c2)CC1. The molecule has 0 spiro atoms. The third-order valence-electron chi connectivity index (χ3n) is 6.81. The minimum atomic E-state index is -0.179. The van der Waals surface area contributed by atoms with Crippen molar-refractivity contribution in [2.75, 3.05) is 38.2 Å². The summed E-state index contributed by atoms with van der Waals surface area (Å²) in [4.78, 5) is 26.8. The van der Waals surface area contributed by atoms with E-state index in [2.05, 4.69) is 47.6 Å². The van der Waals surface area contributed by atoms with Gasteiger partial charge < -0.3 is 15.7 Å². The number of nitrogens with zero attached hydrogens (tertiary/aromatic N) is 5. The minimum absolute atomic E-state index is 0.179. The maximum absolute atomic E-state index is 13.4. The van der Waals surface area contributed by atoms with Crippen LogP contribution in [0.4, 0.5) is 5.82 Å². The molecule has 0 atom stereocenters. The van der Waals surface area contributed by atoms with Crippen LogP contribution in [0.3, 0.4) is 0 Å². The number of hydrogen-bond donors (Lipinski definition) is 3. The van der Waals surface area contributed by atoms with Gasteiger partial charge in [0.1, 0.15) is 11.6 Å². The molecule has 6 rings (SSSR count). The fraction of sp³-hybridized carbons (Fsp3) is 0.269. The summed E-state index contributed by atoms with van der Waals surface area (Å²) < 4.78 is 3.97. The Balaban J connectivity index is 1.23. The molecule has 0 radical (unpaired) electrons. The Kier molecular flexibility index (Phi) is 5.79. The number of aromatic amines is 2. The summed E-state index contributed by atoms with van der Waals surface area (Å²) in [5, 5.41) is 5.42. The molecule has 10 heteroatoms. The van der Waals surface area contributed by atoms with E-state index in [0.29, 0.717) is 17.1 Å². The van der Waals surface area contributed by atoms with E-state index in [0.717, 1.165) is 66.2 Å².